The molecule has 30 heavy (non-hydrogen) atoms. The lowest BCUT2D eigenvalue weighted by atomic mass is 10.1. The number of aromatic nitrogens is 2. The van der Waals surface area contributed by atoms with E-state index in [-0.39, 0.29) is 5.57 Å². The number of amides is 1. The molecule has 0 saturated carbocycles. The minimum atomic E-state index is -0.475. The van der Waals surface area contributed by atoms with Gasteiger partial charge >= 0.3 is 0 Å². The van der Waals surface area contributed by atoms with E-state index in [9.17, 15) is 10.1 Å². The first-order valence-corrected chi connectivity index (χ1v) is 9.56. The van der Waals surface area contributed by atoms with E-state index in [1.165, 1.54) is 0 Å². The average Bonchev–Trinajstić information content (AvgIpc) is 2.96. The largest absolute Gasteiger partial charge is 0.490 e. The van der Waals surface area contributed by atoms with Crippen LogP contribution in [-0.2, 0) is 11.8 Å². The minimum absolute atomic E-state index is 0.0116. The molecule has 1 aliphatic heterocycles. The van der Waals surface area contributed by atoms with Crippen molar-refractivity contribution in [3.05, 3.63) is 65.9 Å². The topological polar surface area (TPSA) is 89.2 Å². The number of benzene rings is 2. The number of nitrogens with zero attached hydrogens (tertiary/aromatic N) is 3. The second-order valence-corrected chi connectivity index (χ2v) is 6.81. The fraction of sp³-hybridized carbons (Fsp3) is 0.174. The van der Waals surface area contributed by atoms with Crippen LogP contribution in [0.4, 0.5) is 5.69 Å². The van der Waals surface area contributed by atoms with E-state index < -0.39 is 5.91 Å². The summed E-state index contributed by atoms with van der Waals surface area (Å²) in [7, 11) is 1.79. The van der Waals surface area contributed by atoms with E-state index in [1.807, 2.05) is 42.5 Å². The van der Waals surface area contributed by atoms with E-state index in [2.05, 4.69) is 10.4 Å². The lowest BCUT2D eigenvalue weighted by Crippen LogP contribution is -2.13. The molecule has 1 N–H and O–H groups in total. The number of anilines is 1. The van der Waals surface area contributed by atoms with Gasteiger partial charge in [0.25, 0.3) is 5.91 Å². The molecule has 7 heteroatoms. The zero-order chi connectivity index (χ0) is 20.9. The molecule has 1 aliphatic rings. The Bertz CT molecular complexity index is 1140. The first-order valence-electron chi connectivity index (χ1n) is 9.56. The molecule has 4 rings (SSSR count). The fourth-order valence-electron chi connectivity index (χ4n) is 3.17. The lowest BCUT2D eigenvalue weighted by Gasteiger charge is -2.09. The van der Waals surface area contributed by atoms with Crippen LogP contribution in [0.3, 0.4) is 0 Å². The highest BCUT2D eigenvalue weighted by atomic mass is 16.5. The van der Waals surface area contributed by atoms with Gasteiger partial charge in [-0.3, -0.25) is 9.48 Å². The number of para-hydroxylation sites is 1. The molecule has 1 aromatic heterocycles. The fourth-order valence-corrected chi connectivity index (χ4v) is 3.17. The van der Waals surface area contributed by atoms with Crippen LogP contribution in [0.2, 0.25) is 0 Å². The van der Waals surface area contributed by atoms with Crippen LogP contribution in [0.5, 0.6) is 11.5 Å². The number of carbonyl (C=O) groups excluding carboxylic acids is 1. The molecule has 1 amide bonds. The third-order valence-electron chi connectivity index (χ3n) is 4.57. The first kappa shape index (κ1) is 19.3. The number of nitriles is 1. The molecular weight excluding hydrogens is 380 g/mol. The number of hydrogen-bond donors (Lipinski definition) is 1. The standard InChI is InChI=1S/C23H20N4O3/c1-27-15-18(12-17(14-24)23(28)25-19-6-3-2-4-7-19)22(26-27)16-8-9-20-21(13-16)30-11-5-10-29-20/h2-4,6-9,12-13,15H,5,10-11H2,1H3,(H,25,28)/b17-12+. The van der Waals surface area contributed by atoms with Crippen molar-refractivity contribution in [2.24, 2.45) is 7.05 Å². The first-order chi connectivity index (χ1) is 14.6. The molecule has 0 unspecified atom stereocenters. The van der Waals surface area contributed by atoms with Crippen molar-refractivity contribution in [2.45, 2.75) is 6.42 Å². The molecule has 0 spiro atoms. The maximum Gasteiger partial charge on any atom is 0.266 e. The van der Waals surface area contributed by atoms with Gasteiger partial charge in [0, 0.05) is 36.5 Å². The van der Waals surface area contributed by atoms with E-state index >= 15 is 0 Å². The number of hydrogen-bond acceptors (Lipinski definition) is 5. The summed E-state index contributed by atoms with van der Waals surface area (Å²) >= 11 is 0. The van der Waals surface area contributed by atoms with Crippen molar-refractivity contribution in [3.8, 4) is 28.8 Å². The van der Waals surface area contributed by atoms with Crippen LogP contribution in [0.15, 0.2) is 60.3 Å². The predicted octanol–water partition coefficient (Wildman–Crippen LogP) is 3.79. The molecule has 150 valence electrons. The highest BCUT2D eigenvalue weighted by molar-refractivity contribution is 6.10. The van der Waals surface area contributed by atoms with Crippen molar-refractivity contribution < 1.29 is 14.3 Å². The van der Waals surface area contributed by atoms with Gasteiger partial charge in [0.2, 0.25) is 0 Å². The number of aryl methyl sites for hydroxylation is 1. The van der Waals surface area contributed by atoms with Gasteiger partial charge in [-0.05, 0) is 36.4 Å². The Balaban J connectivity index is 1.66. The summed E-state index contributed by atoms with van der Waals surface area (Å²) in [6.07, 6.45) is 4.14. The molecule has 0 radical (unpaired) electrons. The van der Waals surface area contributed by atoms with E-state index in [0.717, 1.165) is 12.0 Å². The lowest BCUT2D eigenvalue weighted by molar-refractivity contribution is -0.112. The van der Waals surface area contributed by atoms with Crippen LogP contribution in [-0.4, -0.2) is 28.9 Å². The molecule has 2 aromatic carbocycles. The average molecular weight is 400 g/mol. The van der Waals surface area contributed by atoms with Crippen LogP contribution in [0, 0.1) is 11.3 Å². The summed E-state index contributed by atoms with van der Waals surface area (Å²) in [4.78, 5) is 12.6. The van der Waals surface area contributed by atoms with Gasteiger partial charge in [-0.25, -0.2) is 0 Å². The van der Waals surface area contributed by atoms with Gasteiger partial charge in [-0.15, -0.1) is 0 Å². The second-order valence-electron chi connectivity index (χ2n) is 6.81. The molecule has 0 saturated heterocycles. The number of nitrogens with one attached hydrogen (secondary N) is 1. The summed E-state index contributed by atoms with van der Waals surface area (Å²) in [6.45, 7) is 1.20. The van der Waals surface area contributed by atoms with E-state index in [1.54, 1.807) is 36.1 Å². The molecule has 0 atom stereocenters. The summed E-state index contributed by atoms with van der Waals surface area (Å²) in [5.74, 6) is 0.884. The van der Waals surface area contributed by atoms with Gasteiger partial charge < -0.3 is 14.8 Å². The quantitative estimate of drug-likeness (QED) is 0.532. The molecule has 7 nitrogen and oxygen atoms in total. The molecule has 0 bridgehead atoms. The monoisotopic (exact) mass is 400 g/mol. The number of rotatable bonds is 4. The van der Waals surface area contributed by atoms with Crippen molar-refractivity contribution in [1.82, 2.24) is 9.78 Å². The van der Waals surface area contributed by atoms with Crippen molar-refractivity contribution >= 4 is 17.7 Å². The Hall–Kier alpha value is -4.05. The number of ether oxygens (including phenoxy) is 2. The van der Waals surface area contributed by atoms with Gasteiger partial charge in [-0.2, -0.15) is 10.4 Å². The van der Waals surface area contributed by atoms with Crippen LogP contribution in [0.25, 0.3) is 17.3 Å². The Kier molecular flexibility index (Phi) is 5.48. The summed E-state index contributed by atoms with van der Waals surface area (Å²) in [5, 5.41) is 16.8. The number of carbonyl (C=O) groups is 1. The Labute approximate surface area is 174 Å². The Morgan fingerprint density at radius 1 is 1.17 bits per heavy atom. The molecular formula is C23H20N4O3. The normalized spacial score (nSPS) is 13.3. The second kappa shape index (κ2) is 8.53. The van der Waals surface area contributed by atoms with Gasteiger partial charge in [0.15, 0.2) is 11.5 Å². The molecule has 0 fully saturated rings. The smallest absolute Gasteiger partial charge is 0.266 e. The molecule has 3 aromatic rings. The predicted molar refractivity (Wildman–Crippen MR) is 113 cm³/mol. The van der Waals surface area contributed by atoms with Crippen molar-refractivity contribution in [3.63, 3.8) is 0 Å². The summed E-state index contributed by atoms with van der Waals surface area (Å²) < 4.78 is 13.1. The SMILES string of the molecule is Cn1cc(/C=C(\C#N)C(=O)Nc2ccccc2)c(-c2ccc3c(c2)OCCCO3)n1. The van der Waals surface area contributed by atoms with Crippen LogP contribution >= 0.6 is 0 Å². The van der Waals surface area contributed by atoms with Crippen LogP contribution < -0.4 is 14.8 Å². The van der Waals surface area contributed by atoms with Gasteiger partial charge in [0.05, 0.1) is 18.9 Å². The Morgan fingerprint density at radius 3 is 2.70 bits per heavy atom. The van der Waals surface area contributed by atoms with Crippen molar-refractivity contribution in [2.75, 3.05) is 18.5 Å². The highest BCUT2D eigenvalue weighted by Gasteiger charge is 2.17. The van der Waals surface area contributed by atoms with E-state index in [0.29, 0.717) is 41.7 Å². The maximum absolute atomic E-state index is 12.6. The van der Waals surface area contributed by atoms with Gasteiger partial charge in [0.1, 0.15) is 11.6 Å². The summed E-state index contributed by atoms with van der Waals surface area (Å²) in [6, 6.07) is 16.6. The van der Waals surface area contributed by atoms with Gasteiger partial charge in [-0.1, -0.05) is 18.2 Å². The summed E-state index contributed by atoms with van der Waals surface area (Å²) in [5.41, 5.74) is 2.73. The third kappa shape index (κ3) is 4.18. The maximum atomic E-state index is 12.6. The molecule has 2 heterocycles. The highest BCUT2D eigenvalue weighted by Crippen LogP contribution is 2.35. The van der Waals surface area contributed by atoms with Crippen LogP contribution in [0.1, 0.15) is 12.0 Å². The zero-order valence-electron chi connectivity index (χ0n) is 16.5. The minimum Gasteiger partial charge on any atom is -0.490 e. The zero-order valence-corrected chi connectivity index (χ0v) is 16.5. The third-order valence-corrected chi connectivity index (χ3v) is 4.57. The number of fused-ring (bicyclic) bond motifs is 1. The molecule has 0 aliphatic carbocycles. The van der Waals surface area contributed by atoms with E-state index in [4.69, 9.17) is 9.47 Å². The Morgan fingerprint density at radius 2 is 1.93 bits per heavy atom. The van der Waals surface area contributed by atoms with Crippen molar-refractivity contribution in [1.29, 1.82) is 5.26 Å².